The van der Waals surface area contributed by atoms with E-state index in [1.165, 1.54) is 16.7 Å². The Hall–Kier alpha value is -0.0200. The minimum Gasteiger partial charge on any atom is -0.507 e. The number of aromatic hydroxyl groups is 1. The standard InChI is InChI=1S/C11H14Br2O/c1-6-9(4-12)7(2)11(14)8(3)10(6)5-13/h14H,4-5H2,1-3H3. The van der Waals surface area contributed by atoms with Crippen LogP contribution in [0.3, 0.4) is 0 Å². The second-order valence-electron chi connectivity index (χ2n) is 3.45. The van der Waals surface area contributed by atoms with Crippen molar-refractivity contribution in [3.63, 3.8) is 0 Å². The van der Waals surface area contributed by atoms with Gasteiger partial charge in [-0.2, -0.15) is 0 Å². The number of benzene rings is 1. The third kappa shape index (κ3) is 1.84. The molecular weight excluding hydrogens is 308 g/mol. The van der Waals surface area contributed by atoms with E-state index in [-0.39, 0.29) is 0 Å². The Morgan fingerprint density at radius 1 is 0.857 bits per heavy atom. The van der Waals surface area contributed by atoms with Crippen molar-refractivity contribution in [2.75, 3.05) is 0 Å². The molecule has 0 atom stereocenters. The lowest BCUT2D eigenvalue weighted by Gasteiger charge is -2.16. The third-order valence-corrected chi connectivity index (χ3v) is 3.91. The van der Waals surface area contributed by atoms with Crippen molar-refractivity contribution in [3.8, 4) is 5.75 Å². The highest BCUT2D eigenvalue weighted by Gasteiger charge is 2.14. The van der Waals surface area contributed by atoms with E-state index in [4.69, 9.17) is 0 Å². The maximum Gasteiger partial charge on any atom is 0.122 e. The fourth-order valence-corrected chi connectivity index (χ4v) is 3.39. The first-order valence-corrected chi connectivity index (χ1v) is 6.71. The molecule has 0 saturated heterocycles. The number of alkyl halides is 2. The number of phenolic OH excluding ortho intramolecular Hbond substituents is 1. The molecule has 0 aliphatic carbocycles. The van der Waals surface area contributed by atoms with Crippen LogP contribution < -0.4 is 0 Å². The predicted octanol–water partition coefficient (Wildman–Crippen LogP) is 4.11. The molecule has 3 heteroatoms. The van der Waals surface area contributed by atoms with Crippen LogP contribution in [0.4, 0.5) is 0 Å². The molecule has 0 bridgehead atoms. The Balaban J connectivity index is 3.56. The summed E-state index contributed by atoms with van der Waals surface area (Å²) in [6.07, 6.45) is 0. The van der Waals surface area contributed by atoms with Crippen LogP contribution in [-0.4, -0.2) is 5.11 Å². The second-order valence-corrected chi connectivity index (χ2v) is 4.57. The zero-order valence-electron chi connectivity index (χ0n) is 8.62. The minimum absolute atomic E-state index is 0.430. The van der Waals surface area contributed by atoms with E-state index in [2.05, 4.69) is 38.8 Å². The Labute approximate surface area is 102 Å². The lowest BCUT2D eigenvalue weighted by molar-refractivity contribution is 0.465. The van der Waals surface area contributed by atoms with Crippen molar-refractivity contribution in [2.24, 2.45) is 0 Å². The van der Waals surface area contributed by atoms with Crippen molar-refractivity contribution in [2.45, 2.75) is 31.4 Å². The molecule has 0 aliphatic heterocycles. The first-order valence-electron chi connectivity index (χ1n) is 4.47. The highest BCUT2D eigenvalue weighted by Crippen LogP contribution is 2.34. The molecule has 1 aromatic rings. The van der Waals surface area contributed by atoms with Crippen LogP contribution >= 0.6 is 31.9 Å². The highest BCUT2D eigenvalue weighted by atomic mass is 79.9. The predicted molar refractivity (Wildman–Crippen MR) is 67.6 cm³/mol. The molecule has 0 saturated carbocycles. The van der Waals surface area contributed by atoms with Gasteiger partial charge in [0.25, 0.3) is 0 Å². The molecule has 0 heterocycles. The Kier molecular flexibility index (Phi) is 4.02. The van der Waals surface area contributed by atoms with Gasteiger partial charge < -0.3 is 5.11 Å². The molecule has 0 aromatic heterocycles. The number of rotatable bonds is 2. The van der Waals surface area contributed by atoms with Gasteiger partial charge in [0.1, 0.15) is 5.75 Å². The number of phenols is 1. The maximum atomic E-state index is 9.91. The van der Waals surface area contributed by atoms with Crippen molar-refractivity contribution in [3.05, 3.63) is 27.8 Å². The van der Waals surface area contributed by atoms with Crippen molar-refractivity contribution in [1.29, 1.82) is 0 Å². The quantitative estimate of drug-likeness (QED) is 0.813. The lowest BCUT2D eigenvalue weighted by Crippen LogP contribution is -1.99. The molecule has 0 radical (unpaired) electrons. The van der Waals surface area contributed by atoms with Gasteiger partial charge in [0.05, 0.1) is 0 Å². The monoisotopic (exact) mass is 320 g/mol. The second kappa shape index (κ2) is 4.67. The van der Waals surface area contributed by atoms with Crippen LogP contribution in [0, 0.1) is 20.8 Å². The van der Waals surface area contributed by atoms with Gasteiger partial charge in [-0.1, -0.05) is 31.9 Å². The average molecular weight is 322 g/mol. The number of hydrogen-bond acceptors (Lipinski definition) is 1. The van der Waals surface area contributed by atoms with E-state index in [1.807, 2.05) is 13.8 Å². The van der Waals surface area contributed by atoms with E-state index in [9.17, 15) is 5.11 Å². The molecule has 1 N–H and O–H groups in total. The fourth-order valence-electron chi connectivity index (χ4n) is 1.71. The molecule has 0 aliphatic rings. The normalized spacial score (nSPS) is 10.6. The summed E-state index contributed by atoms with van der Waals surface area (Å²) in [5.41, 5.74) is 5.64. The zero-order valence-corrected chi connectivity index (χ0v) is 11.8. The zero-order chi connectivity index (χ0) is 10.9. The molecule has 0 unspecified atom stereocenters. The fraction of sp³-hybridized carbons (Fsp3) is 0.455. The lowest BCUT2D eigenvalue weighted by atomic mass is 9.94. The van der Waals surface area contributed by atoms with E-state index < -0.39 is 0 Å². The van der Waals surface area contributed by atoms with Gasteiger partial charge in [-0.25, -0.2) is 0 Å². The molecule has 0 fully saturated rings. The van der Waals surface area contributed by atoms with Gasteiger partial charge in [-0.15, -0.1) is 0 Å². The number of halogens is 2. The topological polar surface area (TPSA) is 20.2 Å². The highest BCUT2D eigenvalue weighted by molar-refractivity contribution is 9.08. The Bertz CT molecular complexity index is 328. The van der Waals surface area contributed by atoms with Crippen molar-refractivity contribution >= 4 is 31.9 Å². The van der Waals surface area contributed by atoms with Gasteiger partial charge >= 0.3 is 0 Å². The van der Waals surface area contributed by atoms with Gasteiger partial charge in [0, 0.05) is 10.7 Å². The molecule has 78 valence electrons. The molecule has 14 heavy (non-hydrogen) atoms. The van der Waals surface area contributed by atoms with Crippen LogP contribution in [0.5, 0.6) is 5.75 Å². The molecular formula is C11H14Br2O. The summed E-state index contributed by atoms with van der Waals surface area (Å²) < 4.78 is 0. The van der Waals surface area contributed by atoms with E-state index in [0.29, 0.717) is 5.75 Å². The van der Waals surface area contributed by atoms with Gasteiger partial charge in [0.2, 0.25) is 0 Å². The summed E-state index contributed by atoms with van der Waals surface area (Å²) in [5.74, 6) is 0.430. The molecule has 0 spiro atoms. The molecule has 1 aromatic carbocycles. The van der Waals surface area contributed by atoms with Crippen LogP contribution in [-0.2, 0) is 10.7 Å². The largest absolute Gasteiger partial charge is 0.507 e. The molecule has 1 nitrogen and oxygen atoms in total. The van der Waals surface area contributed by atoms with Crippen molar-refractivity contribution in [1.82, 2.24) is 0 Å². The van der Waals surface area contributed by atoms with Crippen LogP contribution in [0.15, 0.2) is 0 Å². The Morgan fingerprint density at radius 2 is 1.21 bits per heavy atom. The van der Waals surface area contributed by atoms with Crippen LogP contribution in [0.2, 0.25) is 0 Å². The van der Waals surface area contributed by atoms with E-state index in [0.717, 1.165) is 21.8 Å². The first-order chi connectivity index (χ1) is 6.54. The smallest absolute Gasteiger partial charge is 0.122 e. The summed E-state index contributed by atoms with van der Waals surface area (Å²) in [4.78, 5) is 0. The van der Waals surface area contributed by atoms with Gasteiger partial charge in [-0.3, -0.25) is 0 Å². The minimum atomic E-state index is 0.430. The van der Waals surface area contributed by atoms with Crippen LogP contribution in [0.25, 0.3) is 0 Å². The first kappa shape index (κ1) is 12.1. The summed E-state index contributed by atoms with van der Waals surface area (Å²) >= 11 is 6.91. The third-order valence-electron chi connectivity index (χ3n) is 2.79. The molecule has 0 amide bonds. The summed E-state index contributed by atoms with van der Waals surface area (Å²) in [6, 6.07) is 0. The number of hydrogen-bond donors (Lipinski definition) is 1. The summed E-state index contributed by atoms with van der Waals surface area (Å²) in [6.45, 7) is 6.03. The van der Waals surface area contributed by atoms with E-state index >= 15 is 0 Å². The SMILES string of the molecule is Cc1c(O)c(C)c(CBr)c(C)c1CBr. The summed E-state index contributed by atoms with van der Waals surface area (Å²) in [5, 5.41) is 11.5. The van der Waals surface area contributed by atoms with Crippen molar-refractivity contribution < 1.29 is 5.11 Å². The van der Waals surface area contributed by atoms with Gasteiger partial charge in [-0.05, 0) is 48.6 Å². The van der Waals surface area contributed by atoms with E-state index in [1.54, 1.807) is 0 Å². The summed E-state index contributed by atoms with van der Waals surface area (Å²) in [7, 11) is 0. The van der Waals surface area contributed by atoms with Crippen LogP contribution in [0.1, 0.15) is 27.8 Å². The average Bonchev–Trinajstić information content (AvgIpc) is 2.16. The maximum absolute atomic E-state index is 9.91. The Morgan fingerprint density at radius 3 is 1.50 bits per heavy atom. The molecule has 1 rings (SSSR count). The van der Waals surface area contributed by atoms with Gasteiger partial charge in [0.15, 0.2) is 0 Å².